The maximum atomic E-state index is 12.1. The van der Waals surface area contributed by atoms with Crippen LogP contribution in [0.1, 0.15) is 62.8 Å². The highest BCUT2D eigenvalue weighted by atomic mass is 16.5. The molecule has 9 heteroatoms. The molecule has 2 aliphatic rings. The van der Waals surface area contributed by atoms with Crippen molar-refractivity contribution in [3.05, 3.63) is 29.8 Å². The number of rotatable bonds is 6. The molecule has 2 aliphatic carbocycles. The van der Waals surface area contributed by atoms with Crippen LogP contribution in [0.4, 0.5) is 10.6 Å². The van der Waals surface area contributed by atoms with E-state index in [9.17, 15) is 14.7 Å². The van der Waals surface area contributed by atoms with Crippen molar-refractivity contribution < 1.29 is 19.2 Å². The van der Waals surface area contributed by atoms with Gasteiger partial charge in [-0.1, -0.05) is 18.5 Å². The Bertz CT molecular complexity index is 849. The van der Waals surface area contributed by atoms with Crippen molar-refractivity contribution in [1.29, 1.82) is 0 Å². The SMILES string of the molecule is C[C@H]1CCC[C@H]1N(C(=O)O)[C@@H]1CC[C@H](c2cc(NC(=O)Cc3ccno3)n[nH]2)C1. The van der Waals surface area contributed by atoms with E-state index in [0.717, 1.165) is 44.2 Å². The summed E-state index contributed by atoms with van der Waals surface area (Å²) in [6.07, 6.45) is 6.49. The van der Waals surface area contributed by atoms with Crippen LogP contribution in [0, 0.1) is 5.92 Å². The maximum absolute atomic E-state index is 12.1. The Balaban J connectivity index is 1.36. The molecule has 4 atom stereocenters. The zero-order valence-electron chi connectivity index (χ0n) is 16.5. The average Bonchev–Trinajstić information content (AvgIpc) is 3.44. The number of nitrogens with one attached hydrogen (secondary N) is 2. The molecular formula is C20H27N5O4. The number of carbonyl (C=O) groups is 2. The van der Waals surface area contributed by atoms with Crippen LogP contribution in [0.3, 0.4) is 0 Å². The summed E-state index contributed by atoms with van der Waals surface area (Å²) in [5, 5.41) is 23.4. The molecule has 0 aliphatic heterocycles. The highest BCUT2D eigenvalue weighted by molar-refractivity contribution is 5.91. The van der Waals surface area contributed by atoms with Gasteiger partial charge in [0.05, 0.1) is 12.6 Å². The van der Waals surface area contributed by atoms with Crippen molar-refractivity contribution in [1.82, 2.24) is 20.3 Å². The second-order valence-electron chi connectivity index (χ2n) is 8.24. The lowest BCUT2D eigenvalue weighted by molar-refractivity contribution is -0.115. The molecule has 0 radical (unpaired) electrons. The van der Waals surface area contributed by atoms with E-state index in [2.05, 4.69) is 27.6 Å². The molecule has 0 spiro atoms. The van der Waals surface area contributed by atoms with E-state index in [4.69, 9.17) is 4.52 Å². The fourth-order valence-corrected chi connectivity index (χ4v) is 4.89. The van der Waals surface area contributed by atoms with Crippen LogP contribution in [0.5, 0.6) is 0 Å². The summed E-state index contributed by atoms with van der Waals surface area (Å²) in [4.78, 5) is 25.8. The van der Waals surface area contributed by atoms with Gasteiger partial charge in [-0.2, -0.15) is 5.10 Å². The van der Waals surface area contributed by atoms with Crippen molar-refractivity contribution >= 4 is 17.8 Å². The lowest BCUT2D eigenvalue weighted by atomic mass is 10.0. The minimum atomic E-state index is -0.806. The van der Waals surface area contributed by atoms with Gasteiger partial charge in [0, 0.05) is 35.8 Å². The van der Waals surface area contributed by atoms with Gasteiger partial charge in [0.15, 0.2) is 5.82 Å². The number of anilines is 1. The lowest BCUT2D eigenvalue weighted by Crippen LogP contribution is -2.46. The van der Waals surface area contributed by atoms with E-state index < -0.39 is 6.09 Å². The van der Waals surface area contributed by atoms with Gasteiger partial charge in [-0.15, -0.1) is 0 Å². The highest BCUT2D eigenvalue weighted by Gasteiger charge is 2.40. The molecule has 29 heavy (non-hydrogen) atoms. The van der Waals surface area contributed by atoms with Crippen LogP contribution in [-0.4, -0.2) is 49.4 Å². The second-order valence-corrected chi connectivity index (χ2v) is 8.24. The summed E-state index contributed by atoms with van der Waals surface area (Å²) in [6.45, 7) is 2.16. The van der Waals surface area contributed by atoms with Crippen LogP contribution in [0.2, 0.25) is 0 Å². The van der Waals surface area contributed by atoms with Crippen molar-refractivity contribution in [2.75, 3.05) is 5.32 Å². The summed E-state index contributed by atoms with van der Waals surface area (Å²) in [5.74, 6) is 1.37. The molecule has 0 aromatic carbocycles. The summed E-state index contributed by atoms with van der Waals surface area (Å²) in [7, 11) is 0. The number of hydrogen-bond acceptors (Lipinski definition) is 5. The third kappa shape index (κ3) is 4.28. The average molecular weight is 401 g/mol. The predicted octanol–water partition coefficient (Wildman–Crippen LogP) is 3.38. The van der Waals surface area contributed by atoms with E-state index >= 15 is 0 Å². The molecule has 2 aromatic heterocycles. The fourth-order valence-electron chi connectivity index (χ4n) is 4.89. The fraction of sp³-hybridized carbons (Fsp3) is 0.600. The third-order valence-corrected chi connectivity index (χ3v) is 6.32. The molecule has 0 bridgehead atoms. The number of amides is 2. The van der Waals surface area contributed by atoms with Crippen LogP contribution in [-0.2, 0) is 11.2 Å². The van der Waals surface area contributed by atoms with Gasteiger partial charge in [0.1, 0.15) is 5.76 Å². The molecule has 0 saturated heterocycles. The number of aromatic amines is 1. The number of hydrogen-bond donors (Lipinski definition) is 3. The topological polar surface area (TPSA) is 124 Å². The summed E-state index contributed by atoms with van der Waals surface area (Å²) in [6, 6.07) is 3.65. The summed E-state index contributed by atoms with van der Waals surface area (Å²) >= 11 is 0. The monoisotopic (exact) mass is 401 g/mol. The second kappa shape index (κ2) is 8.26. The zero-order valence-corrected chi connectivity index (χ0v) is 16.5. The van der Waals surface area contributed by atoms with Gasteiger partial charge in [-0.05, 0) is 38.0 Å². The standard InChI is InChI=1S/C20H27N5O4/c1-12-3-2-4-17(12)25(20(27)28)14-6-5-13(9-14)16-11-18(24-23-16)22-19(26)10-15-7-8-21-29-15/h7-8,11-14,17H,2-6,9-10H2,1H3,(H,27,28)(H2,22,23,24,26)/t12-,13-,14+,17+/m0/s1. The zero-order chi connectivity index (χ0) is 20.4. The Morgan fingerprint density at radius 3 is 2.90 bits per heavy atom. The number of H-pyrrole nitrogens is 1. The van der Waals surface area contributed by atoms with E-state index in [1.807, 2.05) is 6.07 Å². The Kier molecular flexibility index (Phi) is 5.55. The lowest BCUT2D eigenvalue weighted by Gasteiger charge is -2.34. The Hall–Kier alpha value is -2.84. The van der Waals surface area contributed by atoms with Gasteiger partial charge in [-0.25, -0.2) is 4.79 Å². The third-order valence-electron chi connectivity index (χ3n) is 6.32. The summed E-state index contributed by atoms with van der Waals surface area (Å²) in [5.41, 5.74) is 0.937. The van der Waals surface area contributed by atoms with E-state index in [1.54, 1.807) is 11.0 Å². The molecule has 2 heterocycles. The van der Waals surface area contributed by atoms with Gasteiger partial charge in [0.25, 0.3) is 0 Å². The van der Waals surface area contributed by atoms with E-state index in [1.165, 1.54) is 6.20 Å². The van der Waals surface area contributed by atoms with Crippen molar-refractivity contribution in [2.24, 2.45) is 5.92 Å². The number of nitrogens with zero attached hydrogens (tertiary/aromatic N) is 3. The first-order valence-corrected chi connectivity index (χ1v) is 10.3. The van der Waals surface area contributed by atoms with E-state index in [0.29, 0.717) is 17.5 Å². The Morgan fingerprint density at radius 1 is 1.34 bits per heavy atom. The predicted molar refractivity (Wildman–Crippen MR) is 104 cm³/mol. The molecule has 2 saturated carbocycles. The first-order chi connectivity index (χ1) is 14.0. The molecule has 156 valence electrons. The summed E-state index contributed by atoms with van der Waals surface area (Å²) < 4.78 is 4.94. The molecular weight excluding hydrogens is 374 g/mol. The quantitative estimate of drug-likeness (QED) is 0.681. The number of carboxylic acid groups (broad SMARTS) is 1. The molecule has 3 N–H and O–H groups in total. The van der Waals surface area contributed by atoms with Gasteiger partial charge in [0.2, 0.25) is 5.91 Å². The number of carbonyl (C=O) groups excluding carboxylic acids is 1. The van der Waals surface area contributed by atoms with Crippen LogP contribution < -0.4 is 5.32 Å². The molecule has 2 fully saturated rings. The maximum Gasteiger partial charge on any atom is 0.407 e. The minimum absolute atomic E-state index is 0.0378. The normalized spacial score (nSPS) is 26.5. The van der Waals surface area contributed by atoms with Gasteiger partial charge >= 0.3 is 6.09 Å². The van der Waals surface area contributed by atoms with Crippen LogP contribution >= 0.6 is 0 Å². The Morgan fingerprint density at radius 2 is 2.21 bits per heavy atom. The minimum Gasteiger partial charge on any atom is -0.465 e. The van der Waals surface area contributed by atoms with E-state index in [-0.39, 0.29) is 30.3 Å². The van der Waals surface area contributed by atoms with Gasteiger partial charge in [-0.3, -0.25) is 9.89 Å². The van der Waals surface area contributed by atoms with Crippen molar-refractivity contribution in [3.63, 3.8) is 0 Å². The van der Waals surface area contributed by atoms with Crippen molar-refractivity contribution in [3.8, 4) is 0 Å². The number of aromatic nitrogens is 3. The molecule has 2 amide bonds. The largest absolute Gasteiger partial charge is 0.465 e. The molecule has 4 rings (SSSR count). The Labute approximate surface area is 168 Å². The van der Waals surface area contributed by atoms with Crippen LogP contribution in [0.15, 0.2) is 22.9 Å². The van der Waals surface area contributed by atoms with Crippen LogP contribution in [0.25, 0.3) is 0 Å². The first kappa shape index (κ1) is 19.5. The van der Waals surface area contributed by atoms with Gasteiger partial charge < -0.3 is 19.8 Å². The molecule has 2 aromatic rings. The molecule has 9 nitrogen and oxygen atoms in total. The van der Waals surface area contributed by atoms with Crippen molar-refractivity contribution in [2.45, 2.75) is 69.9 Å². The highest BCUT2D eigenvalue weighted by Crippen LogP contribution is 2.40. The smallest absolute Gasteiger partial charge is 0.407 e. The first-order valence-electron chi connectivity index (χ1n) is 10.3. The molecule has 0 unspecified atom stereocenters.